The zero-order valence-electron chi connectivity index (χ0n) is 11.7. The second-order valence-electron chi connectivity index (χ2n) is 4.31. The number of nitrogens with zero attached hydrogens (tertiary/aromatic N) is 1. The van der Waals surface area contributed by atoms with Crippen molar-refractivity contribution in [3.8, 4) is 17.0 Å². The van der Waals surface area contributed by atoms with Crippen LogP contribution in [0.3, 0.4) is 0 Å². The van der Waals surface area contributed by atoms with Gasteiger partial charge in [-0.3, -0.25) is 4.79 Å². The van der Waals surface area contributed by atoms with Gasteiger partial charge in [0.2, 0.25) is 0 Å². The number of hydrogen-bond donors (Lipinski definition) is 0. The molecule has 1 aromatic heterocycles. The first-order valence-corrected chi connectivity index (χ1v) is 7.15. The van der Waals surface area contributed by atoms with Crippen LogP contribution in [-0.2, 0) is 11.3 Å². The Morgan fingerprint density at radius 1 is 1.14 bits per heavy atom. The maximum absolute atomic E-state index is 12.1. The number of aromatic nitrogens is 1. The first-order chi connectivity index (χ1) is 10.1. The lowest BCUT2D eigenvalue weighted by molar-refractivity contribution is 0.0511. The van der Waals surface area contributed by atoms with Gasteiger partial charge in [-0.2, -0.15) is 0 Å². The van der Waals surface area contributed by atoms with Gasteiger partial charge >= 0.3 is 0 Å². The standard InChI is InChI=1S/C15H15Cl2NO3/c1-3-18-14(7-6-12(16)15(18)19)11-5-4-10(8-13(11)17)21-9-20-2/h4-8H,3,9H2,1-2H3. The van der Waals surface area contributed by atoms with E-state index in [4.69, 9.17) is 32.7 Å². The summed E-state index contributed by atoms with van der Waals surface area (Å²) in [4.78, 5) is 12.1. The van der Waals surface area contributed by atoms with Crippen molar-refractivity contribution in [3.63, 3.8) is 0 Å². The largest absolute Gasteiger partial charge is 0.468 e. The van der Waals surface area contributed by atoms with Gasteiger partial charge in [0, 0.05) is 19.2 Å². The molecule has 0 amide bonds. The molecule has 0 fully saturated rings. The highest BCUT2D eigenvalue weighted by molar-refractivity contribution is 6.33. The Hall–Kier alpha value is -1.49. The molecule has 2 aromatic rings. The maximum Gasteiger partial charge on any atom is 0.269 e. The van der Waals surface area contributed by atoms with Gasteiger partial charge in [0.25, 0.3) is 5.56 Å². The molecule has 112 valence electrons. The van der Waals surface area contributed by atoms with E-state index in [0.717, 1.165) is 11.3 Å². The van der Waals surface area contributed by atoms with E-state index in [0.29, 0.717) is 17.3 Å². The molecule has 0 N–H and O–H groups in total. The zero-order valence-corrected chi connectivity index (χ0v) is 13.2. The van der Waals surface area contributed by atoms with Gasteiger partial charge in [-0.1, -0.05) is 23.2 Å². The van der Waals surface area contributed by atoms with E-state index in [-0.39, 0.29) is 17.4 Å². The molecule has 0 unspecified atom stereocenters. The van der Waals surface area contributed by atoms with Gasteiger partial charge in [-0.05, 0) is 37.3 Å². The molecule has 0 radical (unpaired) electrons. The number of methoxy groups -OCH3 is 1. The molecule has 0 aliphatic heterocycles. The summed E-state index contributed by atoms with van der Waals surface area (Å²) in [5.74, 6) is 0.602. The normalized spacial score (nSPS) is 10.7. The molecule has 1 heterocycles. The van der Waals surface area contributed by atoms with E-state index >= 15 is 0 Å². The predicted molar refractivity (Wildman–Crippen MR) is 84.3 cm³/mol. The van der Waals surface area contributed by atoms with Crippen molar-refractivity contribution < 1.29 is 9.47 Å². The Balaban J connectivity index is 2.48. The van der Waals surface area contributed by atoms with Crippen molar-refractivity contribution in [2.75, 3.05) is 13.9 Å². The van der Waals surface area contributed by atoms with Crippen LogP contribution in [0.1, 0.15) is 6.92 Å². The monoisotopic (exact) mass is 327 g/mol. The summed E-state index contributed by atoms with van der Waals surface area (Å²) >= 11 is 12.2. The predicted octanol–water partition coefficient (Wildman–Crippen LogP) is 3.82. The fourth-order valence-electron chi connectivity index (χ4n) is 2.02. The molecule has 0 atom stereocenters. The highest BCUT2D eigenvalue weighted by Gasteiger charge is 2.12. The molecular weight excluding hydrogens is 313 g/mol. The van der Waals surface area contributed by atoms with E-state index in [2.05, 4.69) is 0 Å². The summed E-state index contributed by atoms with van der Waals surface area (Å²) in [7, 11) is 1.55. The van der Waals surface area contributed by atoms with Crippen molar-refractivity contribution in [2.45, 2.75) is 13.5 Å². The minimum atomic E-state index is -0.229. The summed E-state index contributed by atoms with van der Waals surface area (Å²) in [5, 5.41) is 0.685. The van der Waals surface area contributed by atoms with Crippen molar-refractivity contribution in [2.24, 2.45) is 0 Å². The third-order valence-corrected chi connectivity index (χ3v) is 3.60. The Morgan fingerprint density at radius 3 is 2.52 bits per heavy atom. The van der Waals surface area contributed by atoms with E-state index < -0.39 is 0 Å². The van der Waals surface area contributed by atoms with E-state index in [1.807, 2.05) is 13.0 Å². The first kappa shape index (κ1) is 15.9. The van der Waals surface area contributed by atoms with Gasteiger partial charge in [-0.15, -0.1) is 0 Å². The molecule has 1 aromatic carbocycles. The third-order valence-electron chi connectivity index (χ3n) is 3.00. The molecule has 0 spiro atoms. The van der Waals surface area contributed by atoms with Crippen LogP contribution < -0.4 is 10.3 Å². The first-order valence-electron chi connectivity index (χ1n) is 6.39. The molecule has 4 nitrogen and oxygen atoms in total. The second kappa shape index (κ2) is 6.98. The minimum absolute atomic E-state index is 0.149. The van der Waals surface area contributed by atoms with Crippen molar-refractivity contribution >= 4 is 23.2 Å². The van der Waals surface area contributed by atoms with E-state index in [1.165, 1.54) is 0 Å². The van der Waals surface area contributed by atoms with Crippen LogP contribution in [-0.4, -0.2) is 18.5 Å². The second-order valence-corrected chi connectivity index (χ2v) is 5.12. The average Bonchev–Trinajstić information content (AvgIpc) is 2.48. The Labute approximate surface area is 132 Å². The molecule has 2 rings (SSSR count). The number of ether oxygens (including phenoxy) is 2. The molecule has 21 heavy (non-hydrogen) atoms. The van der Waals surface area contributed by atoms with Crippen molar-refractivity contribution in [1.82, 2.24) is 4.57 Å². The van der Waals surface area contributed by atoms with Crippen LogP contribution in [0.4, 0.5) is 0 Å². The molecule has 6 heteroatoms. The molecule has 0 aliphatic carbocycles. The minimum Gasteiger partial charge on any atom is -0.468 e. The number of halogens is 2. The number of benzene rings is 1. The molecule has 0 saturated heterocycles. The number of rotatable bonds is 5. The van der Waals surface area contributed by atoms with Crippen LogP contribution in [0.15, 0.2) is 35.1 Å². The number of hydrogen-bond acceptors (Lipinski definition) is 3. The lowest BCUT2D eigenvalue weighted by Gasteiger charge is -2.14. The molecule has 0 saturated carbocycles. The Morgan fingerprint density at radius 2 is 1.90 bits per heavy atom. The van der Waals surface area contributed by atoms with Crippen LogP contribution in [0.5, 0.6) is 5.75 Å². The van der Waals surface area contributed by atoms with Gasteiger partial charge in [0.15, 0.2) is 6.79 Å². The fraction of sp³-hybridized carbons (Fsp3) is 0.267. The average molecular weight is 328 g/mol. The van der Waals surface area contributed by atoms with Gasteiger partial charge < -0.3 is 14.0 Å². The highest BCUT2D eigenvalue weighted by Crippen LogP contribution is 2.31. The molecule has 0 aliphatic rings. The van der Waals surface area contributed by atoms with E-state index in [9.17, 15) is 4.79 Å². The number of pyridine rings is 1. The lowest BCUT2D eigenvalue weighted by atomic mass is 10.1. The maximum atomic E-state index is 12.1. The fourth-order valence-corrected chi connectivity index (χ4v) is 2.45. The highest BCUT2D eigenvalue weighted by atomic mass is 35.5. The molecular formula is C15H15Cl2NO3. The van der Waals surface area contributed by atoms with E-state index in [1.54, 1.807) is 35.9 Å². The topological polar surface area (TPSA) is 40.5 Å². The quantitative estimate of drug-likeness (QED) is 0.784. The van der Waals surface area contributed by atoms with Gasteiger partial charge in [0.05, 0.1) is 10.7 Å². The summed E-state index contributed by atoms with van der Waals surface area (Å²) < 4.78 is 11.8. The summed E-state index contributed by atoms with van der Waals surface area (Å²) in [6.45, 7) is 2.54. The summed E-state index contributed by atoms with van der Waals surface area (Å²) in [6, 6.07) is 8.64. The lowest BCUT2D eigenvalue weighted by Crippen LogP contribution is -2.21. The Bertz CT molecular complexity index is 698. The summed E-state index contributed by atoms with van der Waals surface area (Å²) in [6.07, 6.45) is 0. The van der Waals surface area contributed by atoms with Crippen LogP contribution >= 0.6 is 23.2 Å². The zero-order chi connectivity index (χ0) is 15.4. The van der Waals surface area contributed by atoms with Crippen molar-refractivity contribution in [3.05, 3.63) is 50.7 Å². The van der Waals surface area contributed by atoms with Crippen LogP contribution in [0.25, 0.3) is 11.3 Å². The van der Waals surface area contributed by atoms with Crippen LogP contribution in [0, 0.1) is 0 Å². The summed E-state index contributed by atoms with van der Waals surface area (Å²) in [5.41, 5.74) is 1.24. The third kappa shape index (κ3) is 3.40. The smallest absolute Gasteiger partial charge is 0.269 e. The van der Waals surface area contributed by atoms with Gasteiger partial charge in [0.1, 0.15) is 10.8 Å². The Kier molecular flexibility index (Phi) is 5.28. The van der Waals surface area contributed by atoms with Gasteiger partial charge in [-0.25, -0.2) is 0 Å². The van der Waals surface area contributed by atoms with Crippen molar-refractivity contribution in [1.29, 1.82) is 0 Å². The molecule has 0 bridgehead atoms. The van der Waals surface area contributed by atoms with Crippen LogP contribution in [0.2, 0.25) is 10.0 Å². The SMILES string of the molecule is CCn1c(-c2ccc(OCOC)cc2Cl)ccc(Cl)c1=O.